The van der Waals surface area contributed by atoms with E-state index in [0.717, 1.165) is 0 Å². The third kappa shape index (κ3) is 4.48. The van der Waals surface area contributed by atoms with Gasteiger partial charge in [-0.25, -0.2) is 4.57 Å². The van der Waals surface area contributed by atoms with E-state index in [0.29, 0.717) is 15.6 Å². The van der Waals surface area contributed by atoms with Crippen molar-refractivity contribution in [2.24, 2.45) is 0 Å². The number of hydrogen-bond donors (Lipinski definition) is 0. The first-order valence-electron chi connectivity index (χ1n) is 3.78. The minimum atomic E-state index is -3.68. The highest BCUT2D eigenvalue weighted by Gasteiger charge is 2.20. The van der Waals surface area contributed by atoms with Crippen LogP contribution in [-0.2, 0) is 9.09 Å². The summed E-state index contributed by atoms with van der Waals surface area (Å²) in [5.74, 6) is 0.162. The van der Waals surface area contributed by atoms with Gasteiger partial charge in [-0.05, 0) is 18.2 Å². The molecule has 0 aromatic heterocycles. The van der Waals surface area contributed by atoms with Crippen molar-refractivity contribution in [1.82, 2.24) is 0 Å². The van der Waals surface area contributed by atoms with E-state index in [1.807, 2.05) is 0 Å². The predicted molar refractivity (Wildman–Crippen MR) is 73.8 cm³/mol. The van der Waals surface area contributed by atoms with Gasteiger partial charge in [0.15, 0.2) is 0 Å². The van der Waals surface area contributed by atoms with Crippen LogP contribution in [0.2, 0.25) is 10.0 Å². The van der Waals surface area contributed by atoms with Crippen molar-refractivity contribution >= 4 is 73.4 Å². The normalized spacial score (nSPS) is 12.7. The fourth-order valence-corrected chi connectivity index (χ4v) is 2.74. The molecular weight excluding hydrogens is 381 g/mol. The molecule has 0 heterocycles. The molecule has 0 radical (unpaired) electrons. The van der Waals surface area contributed by atoms with Crippen LogP contribution in [0.3, 0.4) is 0 Å². The highest BCUT2D eigenvalue weighted by Crippen LogP contribution is 2.60. The molecule has 0 aliphatic heterocycles. The summed E-state index contributed by atoms with van der Waals surface area (Å²) in [6.07, 6.45) is -3.68. The summed E-state index contributed by atoms with van der Waals surface area (Å²) in [6.45, 7) is 0. The zero-order chi connectivity index (χ0) is 12.3. The Morgan fingerprint density at radius 1 is 1.38 bits per heavy atom. The molecule has 0 atom stereocenters. The van der Waals surface area contributed by atoms with Gasteiger partial charge in [0.1, 0.15) is 5.76 Å². The maximum Gasteiger partial charge on any atom is 0.428 e. The van der Waals surface area contributed by atoms with Crippen molar-refractivity contribution in [2.75, 3.05) is 0 Å². The van der Waals surface area contributed by atoms with E-state index in [1.165, 1.54) is 11.1 Å². The molecule has 0 aliphatic carbocycles. The minimum Gasteiger partial charge on any atom is -0.421 e. The largest absolute Gasteiger partial charge is 0.428 e. The zero-order valence-corrected chi connectivity index (χ0v) is 13.0. The molecule has 0 aliphatic rings. The molecule has 0 spiro atoms. The molecule has 0 fully saturated rings. The van der Waals surface area contributed by atoms with Gasteiger partial charge < -0.3 is 4.52 Å². The molecule has 0 saturated heterocycles. The Balaban J connectivity index is 3.11. The Bertz CT molecular complexity index is 471. The standard InChI is InChI=1S/C8H4BrCl4O2P/c9-4-8(15-16(12,13)14)6-2-1-5(10)3-7(6)11/h1-4H. The van der Waals surface area contributed by atoms with Gasteiger partial charge in [0, 0.05) is 38.1 Å². The topological polar surface area (TPSA) is 26.3 Å². The average Bonchev–Trinajstić information content (AvgIpc) is 2.13. The Labute approximate surface area is 121 Å². The summed E-state index contributed by atoms with van der Waals surface area (Å²) in [5, 5.41) is 0.808. The first kappa shape index (κ1) is 14.7. The summed E-state index contributed by atoms with van der Waals surface area (Å²) in [5.41, 5.74) is 0.476. The highest BCUT2D eigenvalue weighted by molar-refractivity contribution is 9.11. The SMILES string of the molecule is O=P(Cl)(Cl)OC(=CBr)c1ccc(Cl)cc1Cl. The first-order chi connectivity index (χ1) is 7.33. The van der Waals surface area contributed by atoms with Crippen LogP contribution in [0.15, 0.2) is 23.2 Å². The Hall–Kier alpha value is 0.630. The van der Waals surface area contributed by atoms with Crippen molar-refractivity contribution in [3.8, 4) is 0 Å². The lowest BCUT2D eigenvalue weighted by Crippen LogP contribution is -1.87. The molecule has 1 aromatic rings. The summed E-state index contributed by atoms with van der Waals surface area (Å²) < 4.78 is 16.0. The van der Waals surface area contributed by atoms with E-state index in [4.69, 9.17) is 50.2 Å². The van der Waals surface area contributed by atoms with E-state index in [1.54, 1.807) is 12.1 Å². The lowest BCUT2D eigenvalue weighted by Gasteiger charge is -2.11. The lowest BCUT2D eigenvalue weighted by molar-refractivity contribution is 0.492. The second-order valence-electron chi connectivity index (χ2n) is 2.60. The van der Waals surface area contributed by atoms with Crippen LogP contribution >= 0.6 is 67.7 Å². The number of benzene rings is 1. The molecular formula is C8H4BrCl4O2P. The smallest absolute Gasteiger partial charge is 0.421 e. The first-order valence-corrected chi connectivity index (χ1v) is 8.89. The molecule has 1 rings (SSSR count). The van der Waals surface area contributed by atoms with Crippen LogP contribution in [0.25, 0.3) is 5.76 Å². The predicted octanol–water partition coefficient (Wildman–Crippen LogP) is 6.29. The summed E-state index contributed by atoms with van der Waals surface area (Å²) in [4.78, 5) is 1.37. The maximum absolute atomic E-state index is 11.1. The molecule has 16 heavy (non-hydrogen) atoms. The molecule has 0 saturated carbocycles. The lowest BCUT2D eigenvalue weighted by atomic mass is 10.2. The average molecular weight is 385 g/mol. The quantitative estimate of drug-likeness (QED) is 0.452. The number of halogens is 5. The third-order valence-corrected chi connectivity index (χ3v) is 3.29. The van der Waals surface area contributed by atoms with Gasteiger partial charge in [-0.3, -0.25) is 0 Å². The minimum absolute atomic E-state index is 0.162. The van der Waals surface area contributed by atoms with Gasteiger partial charge in [-0.1, -0.05) is 39.1 Å². The van der Waals surface area contributed by atoms with Gasteiger partial charge in [-0.2, -0.15) is 0 Å². The summed E-state index contributed by atoms with van der Waals surface area (Å²) in [6, 6.07) is 4.73. The molecule has 1 aromatic carbocycles. The van der Waals surface area contributed by atoms with Crippen LogP contribution in [0, 0.1) is 0 Å². The molecule has 88 valence electrons. The third-order valence-electron chi connectivity index (χ3n) is 1.50. The van der Waals surface area contributed by atoms with Crippen LogP contribution in [0.1, 0.15) is 5.56 Å². The van der Waals surface area contributed by atoms with Gasteiger partial charge in [0.25, 0.3) is 0 Å². The second kappa shape index (κ2) is 5.99. The molecule has 0 amide bonds. The van der Waals surface area contributed by atoms with Crippen molar-refractivity contribution in [1.29, 1.82) is 0 Å². The van der Waals surface area contributed by atoms with E-state index in [-0.39, 0.29) is 5.76 Å². The van der Waals surface area contributed by atoms with E-state index in [9.17, 15) is 4.57 Å². The fraction of sp³-hybridized carbons (Fsp3) is 0. The van der Waals surface area contributed by atoms with Crippen LogP contribution in [0.4, 0.5) is 0 Å². The van der Waals surface area contributed by atoms with Crippen molar-refractivity contribution < 1.29 is 9.09 Å². The van der Waals surface area contributed by atoms with Crippen LogP contribution in [0.5, 0.6) is 0 Å². The monoisotopic (exact) mass is 382 g/mol. The van der Waals surface area contributed by atoms with Crippen molar-refractivity contribution in [3.63, 3.8) is 0 Å². The van der Waals surface area contributed by atoms with E-state index >= 15 is 0 Å². The van der Waals surface area contributed by atoms with Gasteiger partial charge in [-0.15, -0.1) is 0 Å². The molecule has 0 N–H and O–H groups in total. The summed E-state index contributed by atoms with van der Waals surface area (Å²) in [7, 11) is 0. The van der Waals surface area contributed by atoms with Gasteiger partial charge >= 0.3 is 6.07 Å². The Morgan fingerprint density at radius 3 is 2.44 bits per heavy atom. The van der Waals surface area contributed by atoms with Crippen molar-refractivity contribution in [2.45, 2.75) is 0 Å². The summed E-state index contributed by atoms with van der Waals surface area (Å²) >= 11 is 25.3. The fourth-order valence-electron chi connectivity index (χ4n) is 0.932. The van der Waals surface area contributed by atoms with Crippen molar-refractivity contribution in [3.05, 3.63) is 38.8 Å². The van der Waals surface area contributed by atoms with Gasteiger partial charge in [0.2, 0.25) is 0 Å². The second-order valence-corrected chi connectivity index (χ2v) is 8.11. The number of hydrogen-bond acceptors (Lipinski definition) is 2. The van der Waals surface area contributed by atoms with Crippen LogP contribution < -0.4 is 0 Å². The molecule has 0 unspecified atom stereocenters. The number of rotatable bonds is 3. The Kier molecular flexibility index (Phi) is 5.50. The highest BCUT2D eigenvalue weighted by atomic mass is 79.9. The molecule has 2 nitrogen and oxygen atoms in total. The Morgan fingerprint density at radius 2 is 2.00 bits per heavy atom. The van der Waals surface area contributed by atoms with E-state index < -0.39 is 6.07 Å². The van der Waals surface area contributed by atoms with E-state index in [2.05, 4.69) is 15.9 Å². The maximum atomic E-state index is 11.1. The zero-order valence-electron chi connectivity index (χ0n) is 7.46. The molecule has 0 bridgehead atoms. The van der Waals surface area contributed by atoms with Crippen LogP contribution in [-0.4, -0.2) is 0 Å². The van der Waals surface area contributed by atoms with Gasteiger partial charge in [0.05, 0.1) is 5.02 Å². The molecule has 8 heteroatoms.